The first-order valence-electron chi connectivity index (χ1n) is 20.0. The Kier molecular flexibility index (Phi) is 12.1. The summed E-state index contributed by atoms with van der Waals surface area (Å²) in [7, 11) is 0. The summed E-state index contributed by atoms with van der Waals surface area (Å²) in [5.74, 6) is 0.135. The Labute approximate surface area is 307 Å². The lowest BCUT2D eigenvalue weighted by Gasteiger charge is -2.18. The van der Waals surface area contributed by atoms with Crippen LogP contribution in [0.25, 0.3) is 55.2 Å². The molecule has 0 amide bonds. The number of nitrogens with zero attached hydrogens (tertiary/aromatic N) is 6. The summed E-state index contributed by atoms with van der Waals surface area (Å²) in [5.41, 5.74) is 3.53. The summed E-state index contributed by atoms with van der Waals surface area (Å²) < 4.78 is 3.78. The van der Waals surface area contributed by atoms with Crippen molar-refractivity contribution in [2.45, 2.75) is 129 Å². The van der Waals surface area contributed by atoms with E-state index in [9.17, 15) is 10.2 Å². The minimum atomic E-state index is 0.0676. The maximum atomic E-state index is 12.2. The molecule has 8 bridgehead atoms. The smallest absolute Gasteiger partial charge is 0.133 e. The number of benzene rings is 4. The Bertz CT molecular complexity index is 1920. The first kappa shape index (κ1) is 35.7. The van der Waals surface area contributed by atoms with Crippen molar-refractivity contribution >= 4 is 21.5 Å². The summed E-state index contributed by atoms with van der Waals surface area (Å²) in [6.07, 6.45) is 27.1. The average Bonchev–Trinajstić information content (AvgIpc) is 3.84. The second-order valence-corrected chi connectivity index (χ2v) is 14.8. The molecule has 2 N–H and O–H groups in total. The van der Waals surface area contributed by atoms with Crippen LogP contribution in [0.15, 0.2) is 73.1 Å². The Hall–Kier alpha value is -4.72. The predicted octanol–water partition coefficient (Wildman–Crippen LogP) is 11.6. The molecule has 8 nitrogen and oxygen atoms in total. The van der Waals surface area contributed by atoms with Gasteiger partial charge in [0.15, 0.2) is 0 Å². The van der Waals surface area contributed by atoms with Crippen molar-refractivity contribution in [2.24, 2.45) is 0 Å². The Balaban J connectivity index is 1.21. The third kappa shape index (κ3) is 8.49. The van der Waals surface area contributed by atoms with Crippen LogP contribution in [0, 0.1) is 0 Å². The number of phenols is 2. The van der Waals surface area contributed by atoms with Crippen molar-refractivity contribution in [3.05, 3.63) is 73.1 Å². The molecule has 0 aliphatic carbocycles. The van der Waals surface area contributed by atoms with E-state index in [4.69, 9.17) is 0 Å². The second kappa shape index (κ2) is 17.7. The molecule has 6 aromatic rings. The zero-order valence-corrected chi connectivity index (χ0v) is 30.6. The molecule has 8 heteroatoms. The Morgan fingerprint density at radius 1 is 0.423 bits per heavy atom. The third-order valence-corrected chi connectivity index (χ3v) is 10.9. The average molecular weight is 699 g/mol. The first-order chi connectivity index (χ1) is 25.7. The highest BCUT2D eigenvalue weighted by Gasteiger charge is 2.25. The van der Waals surface area contributed by atoms with Gasteiger partial charge in [-0.25, -0.2) is 0 Å². The van der Waals surface area contributed by atoms with Crippen molar-refractivity contribution < 1.29 is 10.2 Å². The fourth-order valence-electron chi connectivity index (χ4n) is 8.01. The molecule has 0 radical (unpaired) electrons. The molecule has 3 heterocycles. The van der Waals surface area contributed by atoms with Gasteiger partial charge in [-0.05, 0) is 46.5 Å². The van der Waals surface area contributed by atoms with Crippen LogP contribution in [0.1, 0.15) is 116 Å². The lowest BCUT2D eigenvalue weighted by Crippen LogP contribution is -1.98. The molecule has 0 atom stereocenters. The zero-order valence-electron chi connectivity index (χ0n) is 30.6. The number of fused-ring (bicyclic) bond motifs is 15. The van der Waals surface area contributed by atoms with Crippen molar-refractivity contribution in [1.82, 2.24) is 30.0 Å². The number of aromatic hydroxyl groups is 2. The largest absolute Gasteiger partial charge is 0.507 e. The molecule has 1 aliphatic rings. The molecule has 52 heavy (non-hydrogen) atoms. The van der Waals surface area contributed by atoms with E-state index >= 15 is 0 Å². The molecule has 2 aromatic heterocycles. The molecular weight excluding hydrogens is 645 g/mol. The van der Waals surface area contributed by atoms with E-state index < -0.39 is 0 Å². The summed E-state index contributed by atoms with van der Waals surface area (Å²) in [4.78, 5) is 0. The van der Waals surface area contributed by atoms with Gasteiger partial charge in [-0.3, -0.25) is 9.36 Å². The van der Waals surface area contributed by atoms with Gasteiger partial charge in [-0.15, -0.1) is 10.2 Å². The van der Waals surface area contributed by atoms with E-state index in [0.29, 0.717) is 33.6 Å². The highest BCUT2D eigenvalue weighted by molar-refractivity contribution is 6.13. The summed E-state index contributed by atoms with van der Waals surface area (Å²) >= 11 is 0. The standard InChI is InChI=1S/C44H54N6O2/c51-43-37-29-33-23-17-19-25-35(33)41(43)42-36-26-20-18-24-34(36)30-38(44(42)52)40-32-50(48-46-40)28-22-16-14-12-10-8-6-4-2-1-3-5-7-9-11-13-15-21-27-49-31-39(37)45-47-49/h17-20,23-26,29-32,51-52H,1-16,21-22,27-28H2. The number of hydrogen-bond donors (Lipinski definition) is 2. The van der Waals surface area contributed by atoms with Crippen LogP contribution in [0.4, 0.5) is 0 Å². The molecule has 272 valence electrons. The highest BCUT2D eigenvalue weighted by atomic mass is 16.3. The van der Waals surface area contributed by atoms with Crippen LogP contribution < -0.4 is 0 Å². The van der Waals surface area contributed by atoms with Gasteiger partial charge in [0, 0.05) is 35.3 Å². The van der Waals surface area contributed by atoms with Crippen LogP contribution in [0.2, 0.25) is 0 Å². The van der Waals surface area contributed by atoms with Crippen molar-refractivity contribution in [3.8, 4) is 45.1 Å². The van der Waals surface area contributed by atoms with Crippen LogP contribution >= 0.6 is 0 Å². The van der Waals surface area contributed by atoms with Crippen molar-refractivity contribution in [1.29, 1.82) is 0 Å². The summed E-state index contributed by atoms with van der Waals surface area (Å²) in [6, 6.07) is 19.9. The Morgan fingerprint density at radius 2 is 0.750 bits per heavy atom. The molecule has 7 rings (SSSR count). The number of aryl methyl sites for hydroxylation is 2. The van der Waals surface area contributed by atoms with Crippen LogP contribution in [-0.2, 0) is 13.1 Å². The van der Waals surface area contributed by atoms with Crippen LogP contribution in [-0.4, -0.2) is 40.2 Å². The first-order valence-corrected chi connectivity index (χ1v) is 20.0. The number of aromatic nitrogens is 6. The lowest BCUT2D eigenvalue weighted by atomic mass is 9.88. The van der Waals surface area contributed by atoms with Gasteiger partial charge in [-0.2, -0.15) is 0 Å². The van der Waals surface area contributed by atoms with E-state index in [2.05, 4.69) is 20.6 Å². The van der Waals surface area contributed by atoms with E-state index in [1.165, 1.54) is 103 Å². The van der Waals surface area contributed by atoms with Gasteiger partial charge in [0.25, 0.3) is 0 Å². The van der Waals surface area contributed by atoms with Gasteiger partial charge in [0.2, 0.25) is 0 Å². The molecule has 0 saturated carbocycles. The summed E-state index contributed by atoms with van der Waals surface area (Å²) in [5, 5.41) is 45.9. The molecule has 1 aliphatic heterocycles. The fourth-order valence-corrected chi connectivity index (χ4v) is 8.01. The predicted molar refractivity (Wildman–Crippen MR) is 211 cm³/mol. The fraction of sp³-hybridized carbons (Fsp3) is 0.455. The molecule has 0 fully saturated rings. The number of phenolic OH excluding ortho intramolecular Hbond substituents is 2. The molecule has 0 spiro atoms. The molecule has 0 saturated heterocycles. The van der Waals surface area contributed by atoms with E-state index in [0.717, 1.165) is 47.5 Å². The van der Waals surface area contributed by atoms with E-state index in [1.807, 2.05) is 82.4 Å². The maximum absolute atomic E-state index is 12.2. The summed E-state index contributed by atoms with van der Waals surface area (Å²) in [6.45, 7) is 1.59. The normalized spacial score (nSPS) is 16.6. The highest BCUT2D eigenvalue weighted by Crippen LogP contribution is 2.50. The molecular formula is C44H54N6O2. The minimum Gasteiger partial charge on any atom is -0.507 e. The second-order valence-electron chi connectivity index (χ2n) is 14.8. The third-order valence-electron chi connectivity index (χ3n) is 10.9. The monoisotopic (exact) mass is 698 g/mol. The topological polar surface area (TPSA) is 102 Å². The number of rotatable bonds is 0. The van der Waals surface area contributed by atoms with Crippen molar-refractivity contribution in [2.75, 3.05) is 0 Å². The van der Waals surface area contributed by atoms with Gasteiger partial charge in [0.1, 0.15) is 22.9 Å². The van der Waals surface area contributed by atoms with Crippen LogP contribution in [0.3, 0.4) is 0 Å². The SMILES string of the molecule is Oc1c2cc3ccccc3c1-c1c(O)c(cc3ccccc13)-c1cn(nn1)CCCCCCCCCCCCCCCCCCCCn1cc-2nn1. The Morgan fingerprint density at radius 3 is 1.12 bits per heavy atom. The number of hydrogen-bond acceptors (Lipinski definition) is 6. The van der Waals surface area contributed by atoms with Crippen molar-refractivity contribution in [3.63, 3.8) is 0 Å². The zero-order chi connectivity index (χ0) is 35.5. The van der Waals surface area contributed by atoms with Crippen LogP contribution in [0.5, 0.6) is 11.5 Å². The van der Waals surface area contributed by atoms with E-state index in [1.54, 1.807) is 0 Å². The van der Waals surface area contributed by atoms with E-state index in [-0.39, 0.29) is 11.5 Å². The molecule has 0 unspecified atom stereocenters. The van der Waals surface area contributed by atoms with Gasteiger partial charge in [0.05, 0.1) is 12.4 Å². The quantitative estimate of drug-likeness (QED) is 0.164. The van der Waals surface area contributed by atoms with Gasteiger partial charge >= 0.3 is 0 Å². The maximum Gasteiger partial charge on any atom is 0.133 e. The minimum absolute atomic E-state index is 0.0676. The lowest BCUT2D eigenvalue weighted by molar-refractivity contribution is 0.472. The van der Waals surface area contributed by atoms with Gasteiger partial charge < -0.3 is 10.2 Å². The molecule has 4 aromatic carbocycles. The van der Waals surface area contributed by atoms with Gasteiger partial charge in [-0.1, -0.05) is 162 Å².